The average molecular weight is 286 g/mol. The standard InChI is InChI=1S/C18H26N2O/c1-14-4-5-17-15(10-14)11-16(21-17)12-20-9-8-19-13-18(20)6-2-3-7-18/h4-5,10,16,19H,2-3,6-9,11-13H2,1H3. The summed E-state index contributed by atoms with van der Waals surface area (Å²) in [5.74, 6) is 1.11. The lowest BCUT2D eigenvalue weighted by atomic mass is 9.92. The number of benzene rings is 1. The number of piperazine rings is 1. The Hall–Kier alpha value is -1.06. The van der Waals surface area contributed by atoms with Crippen molar-refractivity contribution in [1.82, 2.24) is 10.2 Å². The van der Waals surface area contributed by atoms with E-state index in [-0.39, 0.29) is 0 Å². The van der Waals surface area contributed by atoms with E-state index in [9.17, 15) is 0 Å². The van der Waals surface area contributed by atoms with Gasteiger partial charge in [0.2, 0.25) is 0 Å². The van der Waals surface area contributed by atoms with Crippen LogP contribution in [-0.2, 0) is 6.42 Å². The molecule has 3 heteroatoms. The van der Waals surface area contributed by atoms with Gasteiger partial charge in [-0.3, -0.25) is 4.90 Å². The van der Waals surface area contributed by atoms with Crippen LogP contribution in [-0.4, -0.2) is 42.7 Å². The Morgan fingerprint density at radius 2 is 2.19 bits per heavy atom. The molecule has 2 heterocycles. The minimum atomic E-state index is 0.345. The molecule has 2 fully saturated rings. The molecule has 1 N–H and O–H groups in total. The van der Waals surface area contributed by atoms with Crippen LogP contribution in [0, 0.1) is 6.92 Å². The molecule has 1 saturated carbocycles. The van der Waals surface area contributed by atoms with Crippen molar-refractivity contribution in [3.63, 3.8) is 0 Å². The van der Waals surface area contributed by atoms with Crippen molar-refractivity contribution in [2.75, 3.05) is 26.2 Å². The second-order valence-electron chi connectivity index (χ2n) is 7.11. The summed E-state index contributed by atoms with van der Waals surface area (Å²) in [5.41, 5.74) is 3.16. The van der Waals surface area contributed by atoms with Crippen molar-refractivity contribution < 1.29 is 4.74 Å². The Labute approximate surface area is 127 Å². The first kappa shape index (κ1) is 13.6. The van der Waals surface area contributed by atoms with Crippen molar-refractivity contribution in [1.29, 1.82) is 0 Å². The Morgan fingerprint density at radius 3 is 3.05 bits per heavy atom. The minimum Gasteiger partial charge on any atom is -0.488 e. The highest BCUT2D eigenvalue weighted by atomic mass is 16.5. The lowest BCUT2D eigenvalue weighted by Gasteiger charge is -2.46. The van der Waals surface area contributed by atoms with Crippen LogP contribution in [0.25, 0.3) is 0 Å². The van der Waals surface area contributed by atoms with E-state index in [1.807, 2.05) is 0 Å². The van der Waals surface area contributed by atoms with Crippen molar-refractivity contribution in [2.24, 2.45) is 0 Å². The molecular weight excluding hydrogens is 260 g/mol. The van der Waals surface area contributed by atoms with Gasteiger partial charge in [0.05, 0.1) is 0 Å². The summed E-state index contributed by atoms with van der Waals surface area (Å²) in [6.45, 7) is 6.73. The number of hydrogen-bond donors (Lipinski definition) is 1. The molecule has 2 aliphatic heterocycles. The van der Waals surface area contributed by atoms with Gasteiger partial charge in [0.1, 0.15) is 11.9 Å². The number of fused-ring (bicyclic) bond motifs is 1. The van der Waals surface area contributed by atoms with Crippen LogP contribution in [0.2, 0.25) is 0 Å². The molecular formula is C18H26N2O. The first-order chi connectivity index (χ1) is 10.3. The summed E-state index contributed by atoms with van der Waals surface area (Å²) in [6, 6.07) is 6.59. The summed E-state index contributed by atoms with van der Waals surface area (Å²) in [7, 11) is 0. The Kier molecular flexibility index (Phi) is 3.43. The Balaban J connectivity index is 1.47. The van der Waals surface area contributed by atoms with Gasteiger partial charge < -0.3 is 10.1 Å². The third-order valence-corrected chi connectivity index (χ3v) is 5.60. The first-order valence-electron chi connectivity index (χ1n) is 8.47. The summed E-state index contributed by atoms with van der Waals surface area (Å²) in [5, 5.41) is 3.61. The van der Waals surface area contributed by atoms with E-state index in [0.717, 1.165) is 25.3 Å². The van der Waals surface area contributed by atoms with E-state index in [2.05, 4.69) is 35.3 Å². The largest absolute Gasteiger partial charge is 0.488 e. The fourth-order valence-electron chi connectivity index (χ4n) is 4.49. The second-order valence-corrected chi connectivity index (χ2v) is 7.11. The van der Waals surface area contributed by atoms with Gasteiger partial charge in [-0.1, -0.05) is 30.5 Å². The van der Waals surface area contributed by atoms with E-state index in [1.54, 1.807) is 0 Å². The fraction of sp³-hybridized carbons (Fsp3) is 0.667. The number of hydrogen-bond acceptors (Lipinski definition) is 3. The van der Waals surface area contributed by atoms with E-state index < -0.39 is 0 Å². The average Bonchev–Trinajstić information content (AvgIpc) is 3.08. The van der Waals surface area contributed by atoms with Gasteiger partial charge >= 0.3 is 0 Å². The molecule has 0 radical (unpaired) electrons. The minimum absolute atomic E-state index is 0.345. The van der Waals surface area contributed by atoms with Crippen molar-refractivity contribution in [3.8, 4) is 5.75 Å². The van der Waals surface area contributed by atoms with Crippen LogP contribution >= 0.6 is 0 Å². The van der Waals surface area contributed by atoms with Gasteiger partial charge in [0, 0.05) is 38.1 Å². The lowest BCUT2D eigenvalue weighted by Crippen LogP contribution is -2.61. The molecule has 1 unspecified atom stereocenters. The molecule has 1 aromatic rings. The van der Waals surface area contributed by atoms with Gasteiger partial charge in [-0.15, -0.1) is 0 Å². The SMILES string of the molecule is Cc1ccc2c(c1)CC(CN1CCNCC13CCCC3)O2. The number of aryl methyl sites for hydroxylation is 1. The number of nitrogens with zero attached hydrogens (tertiary/aromatic N) is 1. The van der Waals surface area contributed by atoms with Crippen molar-refractivity contribution >= 4 is 0 Å². The van der Waals surface area contributed by atoms with E-state index in [0.29, 0.717) is 11.6 Å². The Morgan fingerprint density at radius 1 is 1.33 bits per heavy atom. The molecule has 1 aromatic carbocycles. The van der Waals surface area contributed by atoms with Crippen molar-refractivity contribution in [3.05, 3.63) is 29.3 Å². The van der Waals surface area contributed by atoms with Gasteiger partial charge in [-0.25, -0.2) is 0 Å². The van der Waals surface area contributed by atoms with Crippen LogP contribution in [0.15, 0.2) is 18.2 Å². The van der Waals surface area contributed by atoms with Crippen LogP contribution < -0.4 is 10.1 Å². The Bertz CT molecular complexity index is 522. The molecule has 3 nitrogen and oxygen atoms in total. The molecule has 1 saturated heterocycles. The molecule has 114 valence electrons. The predicted molar refractivity (Wildman–Crippen MR) is 84.9 cm³/mol. The van der Waals surface area contributed by atoms with Gasteiger partial charge in [-0.2, -0.15) is 0 Å². The van der Waals surface area contributed by atoms with E-state index in [4.69, 9.17) is 4.74 Å². The highest BCUT2D eigenvalue weighted by Gasteiger charge is 2.42. The maximum absolute atomic E-state index is 6.21. The third-order valence-electron chi connectivity index (χ3n) is 5.60. The highest BCUT2D eigenvalue weighted by molar-refractivity contribution is 5.40. The van der Waals surface area contributed by atoms with Crippen LogP contribution in [0.3, 0.4) is 0 Å². The zero-order chi connectivity index (χ0) is 14.3. The summed E-state index contributed by atoms with van der Waals surface area (Å²) in [6.07, 6.45) is 6.93. The van der Waals surface area contributed by atoms with Gasteiger partial charge in [0.15, 0.2) is 0 Å². The summed E-state index contributed by atoms with van der Waals surface area (Å²) >= 11 is 0. The highest BCUT2D eigenvalue weighted by Crippen LogP contribution is 2.37. The summed E-state index contributed by atoms with van der Waals surface area (Å²) in [4.78, 5) is 2.74. The van der Waals surface area contributed by atoms with Gasteiger partial charge in [0.25, 0.3) is 0 Å². The van der Waals surface area contributed by atoms with E-state index >= 15 is 0 Å². The maximum Gasteiger partial charge on any atom is 0.123 e. The second kappa shape index (κ2) is 5.29. The summed E-state index contributed by atoms with van der Waals surface area (Å²) < 4.78 is 6.21. The topological polar surface area (TPSA) is 24.5 Å². The molecule has 0 aromatic heterocycles. The fourth-order valence-corrected chi connectivity index (χ4v) is 4.49. The quantitative estimate of drug-likeness (QED) is 0.904. The van der Waals surface area contributed by atoms with Crippen LogP contribution in [0.4, 0.5) is 0 Å². The normalized spacial score (nSPS) is 27.8. The smallest absolute Gasteiger partial charge is 0.123 e. The van der Waals surface area contributed by atoms with Gasteiger partial charge in [-0.05, 0) is 31.4 Å². The first-order valence-corrected chi connectivity index (χ1v) is 8.47. The van der Waals surface area contributed by atoms with E-state index in [1.165, 1.54) is 49.9 Å². The number of nitrogens with one attached hydrogen (secondary N) is 1. The monoisotopic (exact) mass is 286 g/mol. The maximum atomic E-state index is 6.21. The van der Waals surface area contributed by atoms with Crippen LogP contribution in [0.1, 0.15) is 36.8 Å². The molecule has 0 bridgehead atoms. The molecule has 1 atom stereocenters. The molecule has 1 aliphatic carbocycles. The molecule has 4 rings (SSSR count). The number of rotatable bonds is 2. The number of ether oxygens (including phenoxy) is 1. The third kappa shape index (κ3) is 2.47. The molecule has 1 spiro atoms. The zero-order valence-electron chi connectivity index (χ0n) is 13.0. The predicted octanol–water partition coefficient (Wildman–Crippen LogP) is 2.52. The van der Waals surface area contributed by atoms with Crippen molar-refractivity contribution in [2.45, 2.75) is 50.7 Å². The molecule has 0 amide bonds. The lowest BCUT2D eigenvalue weighted by molar-refractivity contribution is 0.0317. The van der Waals surface area contributed by atoms with Crippen LogP contribution in [0.5, 0.6) is 5.75 Å². The molecule has 3 aliphatic rings. The zero-order valence-corrected chi connectivity index (χ0v) is 13.0. The molecule has 21 heavy (non-hydrogen) atoms.